The molecule has 0 spiro atoms. The molecule has 0 fully saturated rings. The predicted molar refractivity (Wildman–Crippen MR) is 80.5 cm³/mol. The molecule has 21 heavy (non-hydrogen) atoms. The van der Waals surface area contributed by atoms with Gasteiger partial charge in [-0.3, -0.25) is 9.78 Å². The van der Waals surface area contributed by atoms with Gasteiger partial charge in [0.05, 0.1) is 6.61 Å². The van der Waals surface area contributed by atoms with Gasteiger partial charge in [-0.15, -0.1) is 0 Å². The van der Waals surface area contributed by atoms with Gasteiger partial charge >= 0.3 is 0 Å². The van der Waals surface area contributed by atoms with E-state index in [0.717, 1.165) is 35.4 Å². The molecule has 3 rings (SSSR count). The molecule has 1 amide bonds. The molecule has 1 aliphatic heterocycles. The van der Waals surface area contributed by atoms with E-state index >= 15 is 0 Å². The average molecular weight is 282 g/mol. The van der Waals surface area contributed by atoms with Crippen molar-refractivity contribution >= 4 is 5.91 Å². The summed E-state index contributed by atoms with van der Waals surface area (Å²) in [5, 5.41) is 0. The number of aromatic nitrogens is 1. The third-order valence-corrected chi connectivity index (χ3v) is 3.71. The average Bonchev–Trinajstić information content (AvgIpc) is 3.00. The highest BCUT2D eigenvalue weighted by atomic mass is 16.5. The summed E-state index contributed by atoms with van der Waals surface area (Å²) in [6.45, 7) is 1.37. The third-order valence-electron chi connectivity index (χ3n) is 3.71. The van der Waals surface area contributed by atoms with Gasteiger partial charge in [0.2, 0.25) is 0 Å². The third kappa shape index (κ3) is 3.05. The number of pyridine rings is 1. The van der Waals surface area contributed by atoms with Crippen molar-refractivity contribution in [1.82, 2.24) is 9.88 Å². The number of rotatable bonds is 4. The number of carbonyl (C=O) groups excluding carboxylic acids is 1. The van der Waals surface area contributed by atoms with Crippen LogP contribution in [0.5, 0.6) is 5.75 Å². The lowest BCUT2D eigenvalue weighted by molar-refractivity contribution is 0.0796. The lowest BCUT2D eigenvalue weighted by atomic mass is 10.1. The first-order chi connectivity index (χ1) is 10.2. The standard InChI is InChI=1S/C17H18N2O2/c1-19(10-7-15-4-2-3-9-18-15)17(20)14-5-6-16-13(12-14)8-11-21-16/h2-6,9,12H,7-8,10-11H2,1H3. The van der Waals surface area contributed by atoms with Gasteiger partial charge in [0.25, 0.3) is 5.91 Å². The minimum absolute atomic E-state index is 0.0423. The van der Waals surface area contributed by atoms with Gasteiger partial charge in [0.15, 0.2) is 0 Å². The second-order valence-corrected chi connectivity index (χ2v) is 5.22. The lowest BCUT2D eigenvalue weighted by Crippen LogP contribution is -2.29. The van der Waals surface area contributed by atoms with Crippen LogP contribution in [0.4, 0.5) is 0 Å². The van der Waals surface area contributed by atoms with Crippen LogP contribution in [0.25, 0.3) is 0 Å². The molecule has 0 radical (unpaired) electrons. The van der Waals surface area contributed by atoms with Gasteiger partial charge in [0, 0.05) is 43.9 Å². The Morgan fingerprint density at radius 1 is 1.33 bits per heavy atom. The van der Waals surface area contributed by atoms with Gasteiger partial charge < -0.3 is 9.64 Å². The van der Waals surface area contributed by atoms with E-state index in [1.165, 1.54) is 0 Å². The Labute approximate surface area is 124 Å². The van der Waals surface area contributed by atoms with Crippen molar-refractivity contribution in [2.24, 2.45) is 0 Å². The fourth-order valence-electron chi connectivity index (χ4n) is 2.47. The Kier molecular flexibility index (Phi) is 3.86. The number of benzene rings is 1. The predicted octanol–water partition coefficient (Wildman–Crippen LogP) is 2.33. The van der Waals surface area contributed by atoms with Gasteiger partial charge in [-0.1, -0.05) is 6.07 Å². The van der Waals surface area contributed by atoms with Crippen LogP contribution in [0.1, 0.15) is 21.6 Å². The molecule has 0 saturated carbocycles. The van der Waals surface area contributed by atoms with Gasteiger partial charge in [-0.2, -0.15) is 0 Å². The first-order valence-electron chi connectivity index (χ1n) is 7.15. The minimum Gasteiger partial charge on any atom is -0.493 e. The number of hydrogen-bond acceptors (Lipinski definition) is 3. The fourth-order valence-corrected chi connectivity index (χ4v) is 2.47. The number of likely N-dealkylation sites (N-methyl/N-ethyl adjacent to an activating group) is 1. The second-order valence-electron chi connectivity index (χ2n) is 5.22. The van der Waals surface area contributed by atoms with Gasteiger partial charge in [-0.05, 0) is 35.9 Å². The second kappa shape index (κ2) is 5.95. The van der Waals surface area contributed by atoms with Crippen LogP contribution < -0.4 is 4.74 Å². The number of carbonyl (C=O) groups is 1. The van der Waals surface area contributed by atoms with E-state index in [1.54, 1.807) is 11.1 Å². The molecule has 0 saturated heterocycles. The molecule has 2 heterocycles. The topological polar surface area (TPSA) is 42.4 Å². The van der Waals surface area contributed by atoms with Gasteiger partial charge in [-0.25, -0.2) is 0 Å². The van der Waals surface area contributed by atoms with Crippen molar-refractivity contribution in [1.29, 1.82) is 0 Å². The SMILES string of the molecule is CN(CCc1ccccn1)C(=O)c1ccc2c(c1)CCO2. The zero-order valence-corrected chi connectivity index (χ0v) is 12.1. The molecule has 108 valence electrons. The molecule has 4 nitrogen and oxygen atoms in total. The number of hydrogen-bond donors (Lipinski definition) is 0. The summed E-state index contributed by atoms with van der Waals surface area (Å²) in [6, 6.07) is 11.5. The summed E-state index contributed by atoms with van der Waals surface area (Å²) in [5.74, 6) is 0.948. The Bertz CT molecular complexity index is 640. The number of nitrogens with zero attached hydrogens (tertiary/aromatic N) is 2. The number of fused-ring (bicyclic) bond motifs is 1. The number of ether oxygens (including phenoxy) is 1. The molecule has 1 aliphatic rings. The van der Waals surface area contributed by atoms with E-state index in [9.17, 15) is 4.79 Å². The Balaban J connectivity index is 1.64. The zero-order chi connectivity index (χ0) is 14.7. The van der Waals surface area contributed by atoms with Crippen molar-refractivity contribution in [3.8, 4) is 5.75 Å². The van der Waals surface area contributed by atoms with Crippen molar-refractivity contribution in [2.75, 3.05) is 20.2 Å². The molecule has 0 bridgehead atoms. The molecule has 1 aromatic heterocycles. The first kappa shape index (κ1) is 13.6. The van der Waals surface area contributed by atoms with Crippen LogP contribution in [0, 0.1) is 0 Å². The molecule has 4 heteroatoms. The van der Waals surface area contributed by atoms with Gasteiger partial charge in [0.1, 0.15) is 5.75 Å². The Morgan fingerprint density at radius 3 is 3.05 bits per heavy atom. The van der Waals surface area contributed by atoms with E-state index in [0.29, 0.717) is 13.2 Å². The maximum Gasteiger partial charge on any atom is 0.253 e. The highest BCUT2D eigenvalue weighted by molar-refractivity contribution is 5.94. The highest BCUT2D eigenvalue weighted by Gasteiger charge is 2.17. The molecule has 2 aromatic rings. The summed E-state index contributed by atoms with van der Waals surface area (Å²) in [4.78, 5) is 18.4. The molecule has 1 aromatic carbocycles. The van der Waals surface area contributed by atoms with E-state index < -0.39 is 0 Å². The molecular weight excluding hydrogens is 264 g/mol. The monoisotopic (exact) mass is 282 g/mol. The van der Waals surface area contributed by atoms with E-state index in [2.05, 4.69) is 4.98 Å². The maximum absolute atomic E-state index is 12.4. The van der Waals surface area contributed by atoms with Crippen LogP contribution >= 0.6 is 0 Å². The van der Waals surface area contributed by atoms with Crippen molar-refractivity contribution in [2.45, 2.75) is 12.8 Å². The van der Waals surface area contributed by atoms with E-state index in [4.69, 9.17) is 4.74 Å². The molecule has 0 atom stereocenters. The summed E-state index contributed by atoms with van der Waals surface area (Å²) in [7, 11) is 1.83. The van der Waals surface area contributed by atoms with E-state index in [1.807, 2.05) is 43.4 Å². The van der Waals surface area contributed by atoms with Crippen LogP contribution in [0.3, 0.4) is 0 Å². The fraction of sp³-hybridized carbons (Fsp3) is 0.294. The molecule has 0 unspecified atom stereocenters. The summed E-state index contributed by atoms with van der Waals surface area (Å²) < 4.78 is 5.47. The van der Waals surface area contributed by atoms with E-state index in [-0.39, 0.29) is 5.91 Å². The molecular formula is C17H18N2O2. The Hall–Kier alpha value is -2.36. The largest absolute Gasteiger partial charge is 0.493 e. The van der Waals surface area contributed by atoms with Crippen LogP contribution in [-0.4, -0.2) is 36.0 Å². The van der Waals surface area contributed by atoms with Crippen LogP contribution in [0.15, 0.2) is 42.6 Å². The van der Waals surface area contributed by atoms with Crippen molar-refractivity contribution in [3.63, 3.8) is 0 Å². The lowest BCUT2D eigenvalue weighted by Gasteiger charge is -2.17. The minimum atomic E-state index is 0.0423. The summed E-state index contributed by atoms with van der Waals surface area (Å²) >= 11 is 0. The normalized spacial score (nSPS) is 12.6. The maximum atomic E-state index is 12.4. The van der Waals surface area contributed by atoms with Crippen molar-refractivity contribution < 1.29 is 9.53 Å². The van der Waals surface area contributed by atoms with Crippen LogP contribution in [-0.2, 0) is 12.8 Å². The van der Waals surface area contributed by atoms with Crippen LogP contribution in [0.2, 0.25) is 0 Å². The Morgan fingerprint density at radius 2 is 2.24 bits per heavy atom. The molecule has 0 N–H and O–H groups in total. The smallest absolute Gasteiger partial charge is 0.253 e. The summed E-state index contributed by atoms with van der Waals surface area (Å²) in [6.07, 6.45) is 3.42. The first-order valence-corrected chi connectivity index (χ1v) is 7.15. The number of amides is 1. The highest BCUT2D eigenvalue weighted by Crippen LogP contribution is 2.26. The molecule has 0 aliphatic carbocycles. The zero-order valence-electron chi connectivity index (χ0n) is 12.1. The quantitative estimate of drug-likeness (QED) is 0.864. The van der Waals surface area contributed by atoms with Crippen molar-refractivity contribution in [3.05, 3.63) is 59.4 Å². The summed E-state index contributed by atoms with van der Waals surface area (Å²) in [5.41, 5.74) is 2.85.